The van der Waals surface area contributed by atoms with Gasteiger partial charge in [0.15, 0.2) is 10.9 Å². The summed E-state index contributed by atoms with van der Waals surface area (Å²) in [6, 6.07) is 23.8. The van der Waals surface area contributed by atoms with Gasteiger partial charge in [-0.3, -0.25) is 14.9 Å². The lowest BCUT2D eigenvalue weighted by molar-refractivity contribution is 0.0746. The normalized spacial score (nSPS) is 13.5. The molecule has 1 fully saturated rings. The number of anilines is 2. The van der Waals surface area contributed by atoms with Crippen LogP contribution in [-0.2, 0) is 0 Å². The van der Waals surface area contributed by atoms with Crippen LogP contribution >= 0.6 is 23.8 Å². The second-order valence-electron chi connectivity index (χ2n) is 8.36. The van der Waals surface area contributed by atoms with E-state index >= 15 is 0 Å². The summed E-state index contributed by atoms with van der Waals surface area (Å²) in [5.74, 6) is -0.238. The third kappa shape index (κ3) is 5.19. The van der Waals surface area contributed by atoms with Crippen molar-refractivity contribution in [3.05, 3.63) is 95.2 Å². The van der Waals surface area contributed by atoms with Crippen LogP contribution in [-0.4, -0.2) is 48.0 Å². The van der Waals surface area contributed by atoms with Crippen molar-refractivity contribution in [2.24, 2.45) is 0 Å². The fourth-order valence-electron chi connectivity index (χ4n) is 4.19. The summed E-state index contributed by atoms with van der Waals surface area (Å²) in [6.45, 7) is 2.50. The molecule has 1 aliphatic heterocycles. The molecule has 1 aliphatic rings. The van der Waals surface area contributed by atoms with Gasteiger partial charge >= 0.3 is 0 Å². The van der Waals surface area contributed by atoms with Gasteiger partial charge in [-0.15, -0.1) is 0 Å². The molecular formula is C27H23ClN4O3S. The van der Waals surface area contributed by atoms with Gasteiger partial charge in [-0.25, -0.2) is 0 Å². The van der Waals surface area contributed by atoms with Gasteiger partial charge in [0.25, 0.3) is 11.8 Å². The van der Waals surface area contributed by atoms with Crippen LogP contribution in [0.4, 0.5) is 11.4 Å². The van der Waals surface area contributed by atoms with E-state index in [1.54, 1.807) is 30.3 Å². The van der Waals surface area contributed by atoms with Gasteiger partial charge in [0, 0.05) is 42.2 Å². The highest BCUT2D eigenvalue weighted by Gasteiger charge is 2.24. The quantitative estimate of drug-likeness (QED) is 0.363. The van der Waals surface area contributed by atoms with E-state index in [1.807, 2.05) is 53.4 Å². The number of hydrogen-bond acceptors (Lipinski definition) is 5. The number of furan rings is 1. The molecule has 3 aromatic carbocycles. The molecular weight excluding hydrogens is 496 g/mol. The van der Waals surface area contributed by atoms with Crippen LogP contribution in [0.25, 0.3) is 11.0 Å². The molecule has 0 unspecified atom stereocenters. The first-order chi connectivity index (χ1) is 17.5. The fraction of sp³-hybridized carbons (Fsp3) is 0.148. The molecule has 0 aliphatic carbocycles. The van der Waals surface area contributed by atoms with E-state index in [2.05, 4.69) is 15.5 Å². The van der Waals surface area contributed by atoms with Gasteiger partial charge in [0.05, 0.1) is 11.4 Å². The maximum absolute atomic E-state index is 12.8. The third-order valence-corrected chi connectivity index (χ3v) is 6.48. The van der Waals surface area contributed by atoms with Crippen LogP contribution in [0.5, 0.6) is 0 Å². The highest BCUT2D eigenvalue weighted by molar-refractivity contribution is 7.80. The maximum atomic E-state index is 12.8. The average Bonchev–Trinajstić information content (AvgIpc) is 3.34. The lowest BCUT2D eigenvalue weighted by atomic mass is 10.1. The van der Waals surface area contributed by atoms with Crippen molar-refractivity contribution in [1.82, 2.24) is 10.2 Å². The fourth-order valence-corrected chi connectivity index (χ4v) is 4.52. The van der Waals surface area contributed by atoms with Crippen molar-refractivity contribution in [3.8, 4) is 0 Å². The second kappa shape index (κ2) is 10.4. The summed E-state index contributed by atoms with van der Waals surface area (Å²) < 4.78 is 5.62. The Hall–Kier alpha value is -3.88. The summed E-state index contributed by atoms with van der Waals surface area (Å²) in [4.78, 5) is 29.5. The Balaban J connectivity index is 1.21. The van der Waals surface area contributed by atoms with Gasteiger partial charge in [0.2, 0.25) is 0 Å². The molecule has 0 saturated carbocycles. The van der Waals surface area contributed by atoms with E-state index in [0.29, 0.717) is 42.3 Å². The lowest BCUT2D eigenvalue weighted by Crippen LogP contribution is -2.49. The zero-order valence-corrected chi connectivity index (χ0v) is 20.8. The first kappa shape index (κ1) is 23.8. The molecule has 2 heterocycles. The van der Waals surface area contributed by atoms with Gasteiger partial charge in [-0.05, 0) is 60.7 Å². The number of carbonyl (C=O) groups is 2. The van der Waals surface area contributed by atoms with Gasteiger partial charge in [0.1, 0.15) is 5.58 Å². The second-order valence-corrected chi connectivity index (χ2v) is 9.20. The molecule has 9 heteroatoms. The van der Waals surface area contributed by atoms with Gasteiger partial charge < -0.3 is 19.5 Å². The summed E-state index contributed by atoms with van der Waals surface area (Å²) in [5.41, 5.74) is 2.97. The summed E-state index contributed by atoms with van der Waals surface area (Å²) >= 11 is 11.3. The number of amides is 2. The van der Waals surface area contributed by atoms with Crippen LogP contribution in [0.1, 0.15) is 20.9 Å². The molecule has 2 N–H and O–H groups in total. The molecule has 5 rings (SSSR count). The molecule has 4 aromatic rings. The van der Waals surface area contributed by atoms with Crippen molar-refractivity contribution in [3.63, 3.8) is 0 Å². The van der Waals surface area contributed by atoms with Gasteiger partial charge in [-0.2, -0.15) is 0 Å². The first-order valence-corrected chi connectivity index (χ1v) is 12.3. The number of hydrogen-bond donors (Lipinski definition) is 2. The van der Waals surface area contributed by atoms with Crippen molar-refractivity contribution in [2.45, 2.75) is 0 Å². The molecule has 36 heavy (non-hydrogen) atoms. The summed E-state index contributed by atoms with van der Waals surface area (Å²) in [6.07, 6.45) is 0. The number of benzene rings is 3. The van der Waals surface area contributed by atoms with E-state index in [9.17, 15) is 9.59 Å². The van der Waals surface area contributed by atoms with E-state index in [-0.39, 0.29) is 16.8 Å². The molecule has 1 aromatic heterocycles. The minimum atomic E-state index is -0.421. The molecule has 0 atom stereocenters. The van der Waals surface area contributed by atoms with Crippen LogP contribution in [0.3, 0.4) is 0 Å². The first-order valence-electron chi connectivity index (χ1n) is 11.5. The number of nitrogens with one attached hydrogen (secondary N) is 2. The number of fused-ring (bicyclic) bond motifs is 1. The maximum Gasteiger partial charge on any atom is 0.293 e. The molecule has 0 bridgehead atoms. The largest absolute Gasteiger partial charge is 0.451 e. The molecule has 1 saturated heterocycles. The summed E-state index contributed by atoms with van der Waals surface area (Å²) in [5, 5.41) is 7.44. The molecule has 0 spiro atoms. The minimum absolute atomic E-state index is 0.00722. The average molecular weight is 519 g/mol. The minimum Gasteiger partial charge on any atom is -0.451 e. The SMILES string of the molecule is O=C(NC(=S)Nc1ccccc1N1CCN(C(=O)c2ccc(Cl)cc2)CC1)c1cc2ccccc2o1. The smallest absolute Gasteiger partial charge is 0.293 e. The number of para-hydroxylation sites is 3. The number of carbonyl (C=O) groups excluding carboxylic acids is 2. The highest BCUT2D eigenvalue weighted by atomic mass is 35.5. The Morgan fingerprint density at radius 1 is 0.889 bits per heavy atom. The number of nitrogens with zero attached hydrogens (tertiary/aromatic N) is 2. The Morgan fingerprint density at radius 2 is 1.58 bits per heavy atom. The van der Waals surface area contributed by atoms with Crippen molar-refractivity contribution >= 4 is 63.1 Å². The van der Waals surface area contributed by atoms with Crippen molar-refractivity contribution in [2.75, 3.05) is 36.4 Å². The monoisotopic (exact) mass is 518 g/mol. The molecule has 7 nitrogen and oxygen atoms in total. The Labute approximate surface area is 218 Å². The zero-order valence-electron chi connectivity index (χ0n) is 19.2. The topological polar surface area (TPSA) is 77.8 Å². The number of rotatable bonds is 4. The molecule has 2 amide bonds. The Morgan fingerprint density at radius 3 is 2.33 bits per heavy atom. The Kier molecular flexibility index (Phi) is 6.88. The molecule has 0 radical (unpaired) electrons. The van der Waals surface area contributed by atoms with E-state index in [1.165, 1.54) is 0 Å². The number of piperazine rings is 1. The van der Waals surface area contributed by atoms with Crippen LogP contribution in [0, 0.1) is 0 Å². The predicted octanol–water partition coefficient (Wildman–Crippen LogP) is 5.18. The van der Waals surface area contributed by atoms with Crippen molar-refractivity contribution in [1.29, 1.82) is 0 Å². The lowest BCUT2D eigenvalue weighted by Gasteiger charge is -2.37. The molecule has 182 valence electrons. The van der Waals surface area contributed by atoms with Crippen LogP contribution in [0.15, 0.2) is 83.3 Å². The van der Waals surface area contributed by atoms with Gasteiger partial charge in [-0.1, -0.05) is 41.9 Å². The zero-order chi connectivity index (χ0) is 25.1. The van der Waals surface area contributed by atoms with Crippen LogP contribution < -0.4 is 15.5 Å². The number of thiocarbonyl (C=S) groups is 1. The Bertz CT molecular complexity index is 1400. The van der Waals surface area contributed by atoms with Crippen molar-refractivity contribution < 1.29 is 14.0 Å². The van der Waals surface area contributed by atoms with E-state index in [4.69, 9.17) is 28.2 Å². The standard InChI is InChI=1S/C27H23ClN4O3S/c28-20-11-9-18(10-12-20)26(34)32-15-13-31(14-16-32)22-7-3-2-6-21(22)29-27(36)30-25(33)24-17-19-5-1-4-8-23(19)35-24/h1-12,17H,13-16H2,(H2,29,30,33,36). The van der Waals surface area contributed by atoms with E-state index < -0.39 is 5.91 Å². The summed E-state index contributed by atoms with van der Waals surface area (Å²) in [7, 11) is 0. The van der Waals surface area contributed by atoms with E-state index in [0.717, 1.165) is 16.8 Å². The van der Waals surface area contributed by atoms with Crippen LogP contribution in [0.2, 0.25) is 5.02 Å². The third-order valence-electron chi connectivity index (χ3n) is 6.03. The predicted molar refractivity (Wildman–Crippen MR) is 146 cm³/mol. The highest BCUT2D eigenvalue weighted by Crippen LogP contribution is 2.27. The number of halogens is 1.